The van der Waals surface area contributed by atoms with Crippen LogP contribution in [-0.2, 0) is 16.2 Å². The molecule has 3 nitrogen and oxygen atoms in total. The molecule has 3 aromatic rings. The fourth-order valence-corrected chi connectivity index (χ4v) is 3.68. The number of hydroxylamine groups is 1. The van der Waals surface area contributed by atoms with Crippen LogP contribution >= 0.6 is 0 Å². The Morgan fingerprint density at radius 1 is 0.710 bits per heavy atom. The van der Waals surface area contributed by atoms with Gasteiger partial charge in [-0.15, -0.1) is 0 Å². The lowest BCUT2D eigenvalue weighted by Crippen LogP contribution is -2.24. The van der Waals surface area contributed by atoms with Gasteiger partial charge < -0.3 is 4.74 Å². The Bertz CT molecular complexity index is 823. The second-order valence-corrected chi connectivity index (χ2v) is 7.92. The molecule has 3 heteroatoms. The predicted octanol–water partition coefficient (Wildman–Crippen LogP) is 7.18. The zero-order valence-electron chi connectivity index (χ0n) is 18.6. The predicted molar refractivity (Wildman–Crippen MR) is 127 cm³/mol. The second-order valence-electron chi connectivity index (χ2n) is 7.92. The Labute approximate surface area is 187 Å². The summed E-state index contributed by atoms with van der Waals surface area (Å²) in [5.74, 6) is 0. The van der Waals surface area contributed by atoms with Gasteiger partial charge in [-0.25, -0.2) is 0 Å². The molecule has 3 aromatic carbocycles. The van der Waals surface area contributed by atoms with Gasteiger partial charge in [0.05, 0.1) is 12.6 Å². The monoisotopic (exact) mass is 417 g/mol. The highest BCUT2D eigenvalue weighted by atomic mass is 16.7. The van der Waals surface area contributed by atoms with E-state index in [2.05, 4.69) is 91.3 Å². The summed E-state index contributed by atoms with van der Waals surface area (Å²) in [4.78, 5) is 6.24. The van der Waals surface area contributed by atoms with Crippen molar-refractivity contribution >= 4 is 0 Å². The van der Waals surface area contributed by atoms with Crippen molar-refractivity contribution in [3.63, 3.8) is 0 Å². The van der Waals surface area contributed by atoms with Gasteiger partial charge in [0.25, 0.3) is 0 Å². The van der Waals surface area contributed by atoms with E-state index in [1.54, 1.807) is 0 Å². The molecule has 0 fully saturated rings. The van der Waals surface area contributed by atoms with Crippen LogP contribution < -0.4 is 5.48 Å². The standard InChI is InChI=1S/C28H35NO2/c1-2-14-28(26-19-10-5-11-20-26)31-29-27(25-17-8-4-9-18-25)21-12-13-22-30-23-24-15-6-3-7-16-24/h3-11,15-20,27-29H,2,12-14,21-23H2,1H3/t27-,28+/m0/s1. The Morgan fingerprint density at radius 3 is 1.97 bits per heavy atom. The minimum Gasteiger partial charge on any atom is -0.377 e. The zero-order chi connectivity index (χ0) is 21.6. The molecular formula is C28H35NO2. The number of hydrogen-bond donors (Lipinski definition) is 1. The zero-order valence-corrected chi connectivity index (χ0v) is 18.6. The molecule has 3 rings (SSSR count). The maximum absolute atomic E-state index is 6.24. The number of unbranched alkanes of at least 4 members (excludes halogenated alkanes) is 1. The van der Waals surface area contributed by atoms with Gasteiger partial charge in [0.2, 0.25) is 0 Å². The van der Waals surface area contributed by atoms with Crippen LogP contribution in [0.2, 0.25) is 0 Å². The van der Waals surface area contributed by atoms with Gasteiger partial charge in [-0.3, -0.25) is 4.84 Å². The molecule has 0 unspecified atom stereocenters. The summed E-state index contributed by atoms with van der Waals surface area (Å²) in [6, 6.07) is 31.6. The van der Waals surface area contributed by atoms with Crippen LogP contribution in [-0.4, -0.2) is 6.61 Å². The second kappa shape index (κ2) is 13.8. The van der Waals surface area contributed by atoms with E-state index < -0.39 is 0 Å². The molecule has 0 aliphatic heterocycles. The van der Waals surface area contributed by atoms with E-state index in [0.717, 1.165) is 38.7 Å². The van der Waals surface area contributed by atoms with Gasteiger partial charge in [0, 0.05) is 6.61 Å². The highest BCUT2D eigenvalue weighted by molar-refractivity contribution is 5.19. The first kappa shape index (κ1) is 23.2. The van der Waals surface area contributed by atoms with E-state index in [1.807, 2.05) is 12.1 Å². The van der Waals surface area contributed by atoms with Crippen LogP contribution in [0.1, 0.15) is 67.9 Å². The molecule has 0 aliphatic carbocycles. The molecule has 0 amide bonds. The first-order valence-corrected chi connectivity index (χ1v) is 11.5. The summed E-state index contributed by atoms with van der Waals surface area (Å²) in [5, 5.41) is 0. The van der Waals surface area contributed by atoms with E-state index in [4.69, 9.17) is 9.57 Å². The van der Waals surface area contributed by atoms with Crippen molar-refractivity contribution in [2.75, 3.05) is 6.61 Å². The van der Waals surface area contributed by atoms with Crippen LogP contribution in [0.5, 0.6) is 0 Å². The van der Waals surface area contributed by atoms with Crippen LogP contribution in [0.4, 0.5) is 0 Å². The quantitative estimate of drug-likeness (QED) is 0.223. The first-order valence-electron chi connectivity index (χ1n) is 11.5. The molecule has 0 bridgehead atoms. The molecular weight excluding hydrogens is 382 g/mol. The van der Waals surface area contributed by atoms with E-state index in [1.165, 1.54) is 16.7 Å². The van der Waals surface area contributed by atoms with Gasteiger partial charge in [-0.05, 0) is 42.4 Å². The van der Waals surface area contributed by atoms with Crippen molar-refractivity contribution < 1.29 is 9.57 Å². The third-order valence-electron chi connectivity index (χ3n) is 5.42. The van der Waals surface area contributed by atoms with Gasteiger partial charge >= 0.3 is 0 Å². The lowest BCUT2D eigenvalue weighted by atomic mass is 10.0. The SMILES string of the molecule is CCC[C@@H](ON[C@@H](CCCCOCc1ccccc1)c1ccccc1)c1ccccc1. The fourth-order valence-electron chi connectivity index (χ4n) is 3.68. The highest BCUT2D eigenvalue weighted by Gasteiger charge is 2.16. The summed E-state index contributed by atoms with van der Waals surface area (Å²) >= 11 is 0. The molecule has 1 N–H and O–H groups in total. The van der Waals surface area contributed by atoms with Crippen molar-refractivity contribution in [2.24, 2.45) is 0 Å². The molecule has 0 saturated carbocycles. The van der Waals surface area contributed by atoms with Crippen LogP contribution in [0.15, 0.2) is 91.0 Å². The largest absolute Gasteiger partial charge is 0.377 e. The van der Waals surface area contributed by atoms with Crippen LogP contribution in [0.3, 0.4) is 0 Å². The maximum atomic E-state index is 6.24. The summed E-state index contributed by atoms with van der Waals surface area (Å²) in [6.07, 6.45) is 5.25. The Morgan fingerprint density at radius 2 is 1.32 bits per heavy atom. The molecule has 0 aliphatic rings. The summed E-state index contributed by atoms with van der Waals surface area (Å²) < 4.78 is 5.84. The van der Waals surface area contributed by atoms with Crippen molar-refractivity contribution in [2.45, 2.75) is 57.8 Å². The molecule has 164 valence electrons. The fraction of sp³-hybridized carbons (Fsp3) is 0.357. The normalized spacial score (nSPS) is 13.1. The van der Waals surface area contributed by atoms with E-state index in [-0.39, 0.29) is 12.1 Å². The highest BCUT2D eigenvalue weighted by Crippen LogP contribution is 2.25. The number of rotatable bonds is 14. The third kappa shape index (κ3) is 8.29. The van der Waals surface area contributed by atoms with E-state index in [0.29, 0.717) is 6.61 Å². The van der Waals surface area contributed by atoms with E-state index in [9.17, 15) is 0 Å². The summed E-state index contributed by atoms with van der Waals surface area (Å²) in [6.45, 7) is 3.66. The summed E-state index contributed by atoms with van der Waals surface area (Å²) in [5.41, 5.74) is 7.10. The minimum atomic E-state index is 0.0617. The Kier molecular flexibility index (Phi) is 10.3. The van der Waals surface area contributed by atoms with E-state index >= 15 is 0 Å². The Balaban J connectivity index is 1.48. The molecule has 0 aromatic heterocycles. The molecule has 0 spiro atoms. The van der Waals surface area contributed by atoms with Gasteiger partial charge in [-0.2, -0.15) is 5.48 Å². The maximum Gasteiger partial charge on any atom is 0.104 e. The topological polar surface area (TPSA) is 30.5 Å². The average Bonchev–Trinajstić information content (AvgIpc) is 2.84. The first-order chi connectivity index (χ1) is 15.4. The van der Waals surface area contributed by atoms with Gasteiger partial charge in [-0.1, -0.05) is 104 Å². The third-order valence-corrected chi connectivity index (χ3v) is 5.42. The number of hydrogen-bond acceptors (Lipinski definition) is 3. The van der Waals surface area contributed by atoms with Crippen LogP contribution in [0, 0.1) is 0 Å². The average molecular weight is 418 g/mol. The molecule has 0 radical (unpaired) electrons. The number of benzene rings is 3. The van der Waals surface area contributed by atoms with Crippen molar-refractivity contribution in [3.05, 3.63) is 108 Å². The van der Waals surface area contributed by atoms with Gasteiger partial charge in [0.1, 0.15) is 6.10 Å². The molecule has 0 saturated heterocycles. The van der Waals surface area contributed by atoms with Crippen LogP contribution in [0.25, 0.3) is 0 Å². The summed E-state index contributed by atoms with van der Waals surface area (Å²) in [7, 11) is 0. The minimum absolute atomic E-state index is 0.0617. The van der Waals surface area contributed by atoms with Crippen molar-refractivity contribution in [1.29, 1.82) is 0 Å². The van der Waals surface area contributed by atoms with Crippen molar-refractivity contribution in [3.8, 4) is 0 Å². The Hall–Kier alpha value is -2.46. The van der Waals surface area contributed by atoms with Crippen molar-refractivity contribution in [1.82, 2.24) is 5.48 Å². The molecule has 2 atom stereocenters. The molecule has 0 heterocycles. The number of nitrogens with one attached hydrogen (secondary N) is 1. The lowest BCUT2D eigenvalue weighted by molar-refractivity contribution is -0.0527. The van der Waals surface area contributed by atoms with Gasteiger partial charge in [0.15, 0.2) is 0 Å². The molecule has 31 heavy (non-hydrogen) atoms. The lowest BCUT2D eigenvalue weighted by Gasteiger charge is -2.24. The number of ether oxygens (including phenoxy) is 1. The smallest absolute Gasteiger partial charge is 0.104 e.